The number of aromatic nitrogens is 1. The van der Waals surface area contributed by atoms with Gasteiger partial charge in [-0.2, -0.15) is 0 Å². The average Bonchev–Trinajstić information content (AvgIpc) is 2.57. The second-order valence-electron chi connectivity index (χ2n) is 5.48. The first-order valence-electron chi connectivity index (χ1n) is 7.46. The van der Waals surface area contributed by atoms with E-state index in [9.17, 15) is 4.79 Å². The van der Waals surface area contributed by atoms with Crippen LogP contribution in [0.1, 0.15) is 34.7 Å². The zero-order chi connectivity index (χ0) is 15.4. The van der Waals surface area contributed by atoms with Crippen LogP contribution in [0, 0.1) is 0 Å². The van der Waals surface area contributed by atoms with Crippen LogP contribution in [0.2, 0.25) is 5.02 Å². The lowest BCUT2D eigenvalue weighted by Crippen LogP contribution is -2.28. The van der Waals surface area contributed by atoms with E-state index >= 15 is 0 Å². The average molecular weight is 352 g/mol. The molecule has 1 aliphatic heterocycles. The molecule has 1 saturated heterocycles. The SMILES string of the molecule is Cl.O=C(Nc1ccc(C2CCCNC2)cn1)c1ccc(Cl)cc1. The number of nitrogens with zero attached hydrogens (tertiary/aromatic N) is 1. The zero-order valence-electron chi connectivity index (χ0n) is 12.6. The van der Waals surface area contributed by atoms with Crippen molar-refractivity contribution in [2.45, 2.75) is 18.8 Å². The van der Waals surface area contributed by atoms with Gasteiger partial charge in [-0.1, -0.05) is 17.7 Å². The van der Waals surface area contributed by atoms with Crippen molar-refractivity contribution in [1.29, 1.82) is 0 Å². The maximum absolute atomic E-state index is 12.1. The van der Waals surface area contributed by atoms with E-state index in [-0.39, 0.29) is 18.3 Å². The number of pyridine rings is 1. The summed E-state index contributed by atoms with van der Waals surface area (Å²) in [5.41, 5.74) is 1.78. The van der Waals surface area contributed by atoms with Crippen LogP contribution in [-0.4, -0.2) is 24.0 Å². The fourth-order valence-corrected chi connectivity index (χ4v) is 2.77. The summed E-state index contributed by atoms with van der Waals surface area (Å²) in [6, 6.07) is 10.7. The van der Waals surface area contributed by atoms with Crippen molar-refractivity contribution < 1.29 is 4.79 Å². The van der Waals surface area contributed by atoms with E-state index in [2.05, 4.69) is 15.6 Å². The van der Waals surface area contributed by atoms with Gasteiger partial charge in [-0.25, -0.2) is 4.98 Å². The first-order chi connectivity index (χ1) is 10.7. The maximum atomic E-state index is 12.1. The predicted octanol–water partition coefficient (Wildman–Crippen LogP) is 3.88. The molecule has 1 amide bonds. The summed E-state index contributed by atoms with van der Waals surface area (Å²) in [7, 11) is 0. The summed E-state index contributed by atoms with van der Waals surface area (Å²) in [6.07, 6.45) is 4.24. The monoisotopic (exact) mass is 351 g/mol. The molecule has 0 bridgehead atoms. The van der Waals surface area contributed by atoms with Gasteiger partial charge in [0.1, 0.15) is 5.82 Å². The van der Waals surface area contributed by atoms with Gasteiger partial charge in [0.15, 0.2) is 0 Å². The number of amides is 1. The van der Waals surface area contributed by atoms with Crippen molar-refractivity contribution in [3.05, 3.63) is 58.7 Å². The third kappa shape index (κ3) is 4.67. The van der Waals surface area contributed by atoms with Crippen LogP contribution in [-0.2, 0) is 0 Å². The molecule has 3 rings (SSSR count). The first-order valence-corrected chi connectivity index (χ1v) is 7.84. The molecule has 1 aromatic carbocycles. The second kappa shape index (κ2) is 8.29. The molecule has 4 nitrogen and oxygen atoms in total. The number of anilines is 1. The Bertz CT molecular complexity index is 638. The third-order valence-corrected chi connectivity index (χ3v) is 4.15. The maximum Gasteiger partial charge on any atom is 0.256 e. The highest BCUT2D eigenvalue weighted by Crippen LogP contribution is 2.23. The van der Waals surface area contributed by atoms with Crippen LogP contribution in [0.5, 0.6) is 0 Å². The Morgan fingerprint density at radius 2 is 2.00 bits per heavy atom. The van der Waals surface area contributed by atoms with E-state index in [4.69, 9.17) is 11.6 Å². The molecule has 122 valence electrons. The molecule has 6 heteroatoms. The Balaban J connectivity index is 0.00000192. The molecule has 0 aliphatic carbocycles. The fourth-order valence-electron chi connectivity index (χ4n) is 2.65. The Kier molecular flexibility index (Phi) is 6.39. The number of hydrogen-bond acceptors (Lipinski definition) is 3. The summed E-state index contributed by atoms with van der Waals surface area (Å²) in [6.45, 7) is 2.09. The van der Waals surface area contributed by atoms with Gasteiger partial charge in [0.05, 0.1) is 0 Å². The van der Waals surface area contributed by atoms with E-state index in [0.29, 0.717) is 22.3 Å². The van der Waals surface area contributed by atoms with Crippen molar-refractivity contribution in [2.75, 3.05) is 18.4 Å². The van der Waals surface area contributed by atoms with Crippen molar-refractivity contribution in [2.24, 2.45) is 0 Å². The van der Waals surface area contributed by atoms with Gasteiger partial charge in [-0.05, 0) is 61.2 Å². The minimum Gasteiger partial charge on any atom is -0.316 e. The summed E-state index contributed by atoms with van der Waals surface area (Å²) >= 11 is 5.82. The van der Waals surface area contributed by atoms with Crippen molar-refractivity contribution >= 4 is 35.7 Å². The number of piperidine rings is 1. The summed E-state index contributed by atoms with van der Waals surface area (Å²) in [5.74, 6) is 0.894. The highest BCUT2D eigenvalue weighted by atomic mass is 35.5. The summed E-state index contributed by atoms with van der Waals surface area (Å²) in [4.78, 5) is 16.5. The number of rotatable bonds is 3. The number of halogens is 2. The Morgan fingerprint density at radius 3 is 2.61 bits per heavy atom. The number of carbonyl (C=O) groups excluding carboxylic acids is 1. The van der Waals surface area contributed by atoms with E-state index in [1.165, 1.54) is 18.4 Å². The molecule has 0 spiro atoms. The lowest BCUT2D eigenvalue weighted by atomic mass is 9.93. The van der Waals surface area contributed by atoms with Crippen LogP contribution in [0.3, 0.4) is 0 Å². The molecule has 0 saturated carbocycles. The van der Waals surface area contributed by atoms with Crippen molar-refractivity contribution in [1.82, 2.24) is 10.3 Å². The molecule has 0 radical (unpaired) electrons. The highest BCUT2D eigenvalue weighted by molar-refractivity contribution is 6.30. The smallest absolute Gasteiger partial charge is 0.256 e. The summed E-state index contributed by atoms with van der Waals surface area (Å²) < 4.78 is 0. The van der Waals surface area contributed by atoms with E-state index in [1.54, 1.807) is 24.3 Å². The minimum atomic E-state index is -0.184. The Hall–Kier alpha value is -1.62. The fraction of sp³-hybridized carbons (Fsp3) is 0.294. The zero-order valence-corrected chi connectivity index (χ0v) is 14.2. The molecule has 1 aliphatic rings. The summed E-state index contributed by atoms with van der Waals surface area (Å²) in [5, 5.41) is 6.81. The molecule has 1 aromatic heterocycles. The van der Waals surface area contributed by atoms with Gasteiger partial charge in [-0.3, -0.25) is 4.79 Å². The lowest BCUT2D eigenvalue weighted by molar-refractivity contribution is 0.102. The van der Waals surface area contributed by atoms with Gasteiger partial charge < -0.3 is 10.6 Å². The van der Waals surface area contributed by atoms with Crippen LogP contribution in [0.4, 0.5) is 5.82 Å². The Labute approximate surface area is 147 Å². The number of hydrogen-bond donors (Lipinski definition) is 2. The molecule has 1 atom stereocenters. The largest absolute Gasteiger partial charge is 0.316 e. The quantitative estimate of drug-likeness (QED) is 0.882. The highest BCUT2D eigenvalue weighted by Gasteiger charge is 2.15. The predicted molar refractivity (Wildman–Crippen MR) is 95.7 cm³/mol. The molecule has 2 aromatic rings. The first kappa shape index (κ1) is 17.7. The van der Waals surface area contributed by atoms with E-state index < -0.39 is 0 Å². The molecule has 2 heterocycles. The van der Waals surface area contributed by atoms with E-state index in [1.807, 2.05) is 18.3 Å². The number of carbonyl (C=O) groups is 1. The molecular weight excluding hydrogens is 333 g/mol. The van der Waals surface area contributed by atoms with Crippen LogP contribution >= 0.6 is 24.0 Å². The molecule has 23 heavy (non-hydrogen) atoms. The van der Waals surface area contributed by atoms with Gasteiger partial charge in [0.25, 0.3) is 5.91 Å². The van der Waals surface area contributed by atoms with Crippen LogP contribution < -0.4 is 10.6 Å². The lowest BCUT2D eigenvalue weighted by Gasteiger charge is -2.22. The number of benzene rings is 1. The van der Waals surface area contributed by atoms with Gasteiger partial charge in [-0.15, -0.1) is 12.4 Å². The van der Waals surface area contributed by atoms with Crippen LogP contribution in [0.15, 0.2) is 42.6 Å². The second-order valence-corrected chi connectivity index (χ2v) is 5.92. The van der Waals surface area contributed by atoms with Gasteiger partial charge in [0.2, 0.25) is 0 Å². The number of nitrogens with one attached hydrogen (secondary N) is 2. The molecule has 1 fully saturated rings. The van der Waals surface area contributed by atoms with Crippen molar-refractivity contribution in [3.8, 4) is 0 Å². The van der Waals surface area contributed by atoms with E-state index in [0.717, 1.165) is 13.1 Å². The molecular formula is C17H19Cl2N3O. The third-order valence-electron chi connectivity index (χ3n) is 3.90. The normalized spacial score (nSPS) is 17.2. The molecule has 1 unspecified atom stereocenters. The van der Waals surface area contributed by atoms with Crippen molar-refractivity contribution in [3.63, 3.8) is 0 Å². The van der Waals surface area contributed by atoms with Crippen LogP contribution in [0.25, 0.3) is 0 Å². The van der Waals surface area contributed by atoms with Gasteiger partial charge in [0, 0.05) is 23.3 Å². The minimum absolute atomic E-state index is 0. The standard InChI is InChI=1S/C17H18ClN3O.ClH/c18-15-6-3-12(4-7-15)17(22)21-16-8-5-14(11-20-16)13-2-1-9-19-10-13;/h3-8,11,13,19H,1-2,9-10H2,(H,20,21,22);1H. The molecule has 2 N–H and O–H groups in total. The van der Waals surface area contributed by atoms with Gasteiger partial charge >= 0.3 is 0 Å². The topological polar surface area (TPSA) is 54.0 Å². The Morgan fingerprint density at radius 1 is 1.22 bits per heavy atom.